The zero-order valence-corrected chi connectivity index (χ0v) is 15.9. The number of hydrogen-bond acceptors (Lipinski definition) is 8. The topological polar surface area (TPSA) is 120 Å². The van der Waals surface area contributed by atoms with Crippen molar-refractivity contribution in [1.82, 2.24) is 10.2 Å². The minimum absolute atomic E-state index is 0.00961. The van der Waals surface area contributed by atoms with Crippen LogP contribution in [-0.2, 0) is 4.79 Å². The van der Waals surface area contributed by atoms with Crippen LogP contribution in [0.1, 0.15) is 5.56 Å². The molecule has 0 saturated heterocycles. The maximum Gasteiger partial charge on any atom is 0.277 e. The van der Waals surface area contributed by atoms with Gasteiger partial charge in [-0.1, -0.05) is 30.0 Å². The van der Waals surface area contributed by atoms with Gasteiger partial charge >= 0.3 is 0 Å². The Morgan fingerprint density at radius 2 is 2.04 bits per heavy atom. The normalized spacial score (nSPS) is 10.5. The van der Waals surface area contributed by atoms with Crippen LogP contribution in [0.15, 0.2) is 52.1 Å². The molecule has 3 aromatic rings. The van der Waals surface area contributed by atoms with Gasteiger partial charge < -0.3 is 14.5 Å². The van der Waals surface area contributed by atoms with Gasteiger partial charge in [-0.25, -0.2) is 0 Å². The number of nitrogens with one attached hydrogen (secondary N) is 1. The van der Waals surface area contributed by atoms with E-state index in [1.165, 1.54) is 12.1 Å². The number of carbonyl (C=O) groups excluding carboxylic acids is 1. The van der Waals surface area contributed by atoms with Gasteiger partial charge in [0, 0.05) is 6.07 Å². The molecule has 0 bridgehead atoms. The Labute approximate surface area is 164 Å². The molecule has 3 rings (SSSR count). The highest BCUT2D eigenvalue weighted by Crippen LogP contribution is 2.30. The van der Waals surface area contributed by atoms with E-state index in [-0.39, 0.29) is 28.5 Å². The molecule has 2 aromatic carbocycles. The number of anilines is 1. The summed E-state index contributed by atoms with van der Waals surface area (Å²) in [4.78, 5) is 22.7. The Kier molecular flexibility index (Phi) is 5.90. The number of ether oxygens (including phenoxy) is 1. The predicted molar refractivity (Wildman–Crippen MR) is 103 cm³/mol. The van der Waals surface area contributed by atoms with Crippen LogP contribution < -0.4 is 10.1 Å². The zero-order chi connectivity index (χ0) is 20.1. The highest BCUT2D eigenvalue weighted by Gasteiger charge is 2.17. The van der Waals surface area contributed by atoms with Gasteiger partial charge in [-0.15, -0.1) is 10.2 Å². The number of methoxy groups -OCH3 is 1. The molecule has 144 valence electrons. The van der Waals surface area contributed by atoms with Gasteiger partial charge in [-0.2, -0.15) is 0 Å². The number of nitrogens with zero attached hydrogens (tertiary/aromatic N) is 3. The molecule has 0 aliphatic rings. The fourth-order valence-corrected chi connectivity index (χ4v) is 3.03. The zero-order valence-electron chi connectivity index (χ0n) is 15.0. The molecule has 0 unspecified atom stereocenters. The molecular formula is C18H16N4O5S. The summed E-state index contributed by atoms with van der Waals surface area (Å²) in [7, 11) is 1.55. The minimum Gasteiger partial charge on any atom is -0.496 e. The third-order valence-corrected chi connectivity index (χ3v) is 4.67. The molecule has 0 aliphatic heterocycles. The van der Waals surface area contributed by atoms with Crippen LogP contribution in [0.2, 0.25) is 0 Å². The average molecular weight is 400 g/mol. The fourth-order valence-electron chi connectivity index (χ4n) is 2.47. The van der Waals surface area contributed by atoms with E-state index in [9.17, 15) is 14.9 Å². The monoisotopic (exact) mass is 400 g/mol. The van der Waals surface area contributed by atoms with Crippen LogP contribution in [0.3, 0.4) is 0 Å². The van der Waals surface area contributed by atoms with Crippen molar-refractivity contribution < 1.29 is 18.9 Å². The van der Waals surface area contributed by atoms with Crippen molar-refractivity contribution in [2.45, 2.75) is 12.1 Å². The number of para-hydroxylation sites is 1. The standard InChI is InChI=1S/C18H16N4O5S/c1-11-13(7-5-8-14(11)22(24)25)19-16(23)10-28-18-21-20-17(27-18)12-6-3-4-9-15(12)26-2/h3-9H,10H2,1-2H3,(H,19,23). The second-order valence-electron chi connectivity index (χ2n) is 5.62. The fraction of sp³-hybridized carbons (Fsp3) is 0.167. The third-order valence-electron chi connectivity index (χ3n) is 3.85. The van der Waals surface area contributed by atoms with E-state index in [0.29, 0.717) is 22.6 Å². The number of hydrogen-bond donors (Lipinski definition) is 1. The highest BCUT2D eigenvalue weighted by atomic mass is 32.2. The SMILES string of the molecule is COc1ccccc1-c1nnc(SCC(=O)Nc2cccc([N+](=O)[O-])c2C)o1. The van der Waals surface area contributed by atoms with Gasteiger partial charge in [0.2, 0.25) is 5.91 Å². The van der Waals surface area contributed by atoms with Gasteiger partial charge in [-0.3, -0.25) is 14.9 Å². The second-order valence-corrected chi connectivity index (χ2v) is 6.54. The van der Waals surface area contributed by atoms with Gasteiger partial charge in [0.1, 0.15) is 5.75 Å². The Morgan fingerprint density at radius 1 is 1.25 bits per heavy atom. The van der Waals surface area contributed by atoms with Gasteiger partial charge in [0.25, 0.3) is 16.8 Å². The molecule has 0 aliphatic carbocycles. The van der Waals surface area contributed by atoms with Gasteiger partial charge in [0.15, 0.2) is 0 Å². The van der Waals surface area contributed by atoms with E-state index < -0.39 is 4.92 Å². The van der Waals surface area contributed by atoms with Gasteiger partial charge in [0.05, 0.1) is 34.6 Å². The number of benzene rings is 2. The number of thioether (sulfide) groups is 1. The van der Waals surface area contributed by atoms with E-state index in [1.54, 1.807) is 32.2 Å². The summed E-state index contributed by atoms with van der Waals surface area (Å²) in [5, 5.41) is 21.8. The molecule has 0 fully saturated rings. The van der Waals surface area contributed by atoms with E-state index in [1.807, 2.05) is 12.1 Å². The third kappa shape index (κ3) is 4.29. The van der Waals surface area contributed by atoms with Crippen molar-refractivity contribution in [2.24, 2.45) is 0 Å². The lowest BCUT2D eigenvalue weighted by molar-refractivity contribution is -0.385. The first-order valence-electron chi connectivity index (χ1n) is 8.13. The first kappa shape index (κ1) is 19.4. The second kappa shape index (κ2) is 8.53. The number of nitro benzene ring substituents is 1. The highest BCUT2D eigenvalue weighted by molar-refractivity contribution is 7.99. The van der Waals surface area contributed by atoms with Crippen molar-refractivity contribution in [1.29, 1.82) is 0 Å². The maximum absolute atomic E-state index is 12.2. The Bertz CT molecular complexity index is 1020. The molecule has 1 aromatic heterocycles. The lowest BCUT2D eigenvalue weighted by Gasteiger charge is -2.07. The molecule has 0 saturated carbocycles. The summed E-state index contributed by atoms with van der Waals surface area (Å²) in [6.45, 7) is 1.58. The largest absolute Gasteiger partial charge is 0.496 e. The first-order valence-corrected chi connectivity index (χ1v) is 9.11. The molecule has 0 radical (unpaired) electrons. The van der Waals surface area contributed by atoms with E-state index >= 15 is 0 Å². The molecule has 9 nitrogen and oxygen atoms in total. The summed E-state index contributed by atoms with van der Waals surface area (Å²) < 4.78 is 10.8. The van der Waals surface area contributed by atoms with Crippen LogP contribution in [0, 0.1) is 17.0 Å². The smallest absolute Gasteiger partial charge is 0.277 e. The summed E-state index contributed by atoms with van der Waals surface area (Å²) >= 11 is 1.07. The van der Waals surface area contributed by atoms with Crippen LogP contribution in [0.5, 0.6) is 5.75 Å². The maximum atomic E-state index is 12.2. The molecular weight excluding hydrogens is 384 g/mol. The summed E-state index contributed by atoms with van der Waals surface area (Å²) in [6, 6.07) is 11.7. The van der Waals surface area contributed by atoms with Crippen LogP contribution in [0.25, 0.3) is 11.5 Å². The number of carbonyl (C=O) groups is 1. The van der Waals surface area contributed by atoms with Crippen molar-refractivity contribution in [3.05, 3.63) is 58.1 Å². The quantitative estimate of drug-likeness (QED) is 0.362. The van der Waals surface area contributed by atoms with E-state index in [4.69, 9.17) is 9.15 Å². The van der Waals surface area contributed by atoms with Crippen molar-refractivity contribution >= 4 is 29.0 Å². The van der Waals surface area contributed by atoms with Crippen molar-refractivity contribution in [2.75, 3.05) is 18.2 Å². The summed E-state index contributed by atoms with van der Waals surface area (Å²) in [5.74, 6) is 0.553. The first-order chi connectivity index (χ1) is 13.5. The summed E-state index contributed by atoms with van der Waals surface area (Å²) in [6.07, 6.45) is 0. The number of rotatable bonds is 7. The molecule has 0 atom stereocenters. The predicted octanol–water partition coefficient (Wildman–Crippen LogP) is 3.69. The molecule has 0 spiro atoms. The van der Waals surface area contributed by atoms with Crippen LogP contribution in [-0.4, -0.2) is 33.9 Å². The lowest BCUT2D eigenvalue weighted by Crippen LogP contribution is -2.15. The molecule has 1 amide bonds. The average Bonchev–Trinajstić information content (AvgIpc) is 3.16. The number of amides is 1. The lowest BCUT2D eigenvalue weighted by atomic mass is 10.1. The molecule has 1 heterocycles. The number of nitro groups is 1. The minimum atomic E-state index is -0.489. The van der Waals surface area contributed by atoms with E-state index in [2.05, 4.69) is 15.5 Å². The molecule has 10 heteroatoms. The van der Waals surface area contributed by atoms with Gasteiger partial charge in [-0.05, 0) is 25.1 Å². The molecule has 28 heavy (non-hydrogen) atoms. The van der Waals surface area contributed by atoms with Crippen LogP contribution >= 0.6 is 11.8 Å². The Balaban J connectivity index is 1.64. The van der Waals surface area contributed by atoms with Crippen molar-refractivity contribution in [3.8, 4) is 17.2 Å². The molecule has 1 N–H and O–H groups in total. The summed E-state index contributed by atoms with van der Waals surface area (Å²) in [5.41, 5.74) is 1.38. The van der Waals surface area contributed by atoms with Crippen LogP contribution in [0.4, 0.5) is 11.4 Å². The van der Waals surface area contributed by atoms with E-state index in [0.717, 1.165) is 11.8 Å². The van der Waals surface area contributed by atoms with Crippen molar-refractivity contribution in [3.63, 3.8) is 0 Å². The number of aromatic nitrogens is 2. The Hall–Kier alpha value is -3.40. The Morgan fingerprint density at radius 3 is 2.79 bits per heavy atom.